The number of fused-ring (bicyclic) bond motifs is 1. The fourth-order valence-electron chi connectivity index (χ4n) is 2.77. The number of hydrogen-bond donors (Lipinski definition) is 3. The molecule has 3 rings (SSSR count). The Morgan fingerprint density at radius 1 is 1.38 bits per heavy atom. The molecule has 1 aliphatic heterocycles. The second kappa shape index (κ2) is 7.28. The van der Waals surface area contributed by atoms with Crippen LogP contribution in [0.2, 0.25) is 0 Å². The number of aromatic amines is 1. The topological polar surface area (TPSA) is 119 Å². The normalized spacial score (nSPS) is 19.3. The average molecular weight is 376 g/mol. The third-order valence-corrected chi connectivity index (χ3v) is 5.47. The molecular formula is C17H20N4O4S. The second-order valence-corrected chi connectivity index (χ2v) is 7.37. The van der Waals surface area contributed by atoms with E-state index in [2.05, 4.69) is 15.5 Å². The first kappa shape index (κ1) is 18.1. The van der Waals surface area contributed by atoms with E-state index in [4.69, 9.17) is 15.2 Å². The van der Waals surface area contributed by atoms with Crippen LogP contribution in [0.25, 0.3) is 0 Å². The number of H-pyrrole nitrogens is 1. The lowest BCUT2D eigenvalue weighted by molar-refractivity contribution is -0.120. The maximum atomic E-state index is 12.2. The van der Waals surface area contributed by atoms with Crippen molar-refractivity contribution in [2.45, 2.75) is 24.3 Å². The Morgan fingerprint density at radius 2 is 2.15 bits per heavy atom. The lowest BCUT2D eigenvalue weighted by Crippen LogP contribution is -2.21. The molecule has 1 aromatic carbocycles. The van der Waals surface area contributed by atoms with E-state index in [1.54, 1.807) is 6.07 Å². The summed E-state index contributed by atoms with van der Waals surface area (Å²) in [5.41, 5.74) is 7.88. The van der Waals surface area contributed by atoms with Crippen LogP contribution in [0.4, 0.5) is 5.82 Å². The molecule has 0 spiro atoms. The van der Waals surface area contributed by atoms with Crippen molar-refractivity contribution >= 4 is 29.4 Å². The molecule has 0 bridgehead atoms. The van der Waals surface area contributed by atoms with Gasteiger partial charge in [-0.05, 0) is 31.5 Å². The Hall–Kier alpha value is -2.68. The number of ether oxygens (including phenoxy) is 2. The minimum atomic E-state index is -0.562. The number of methoxy groups -OCH3 is 1. The van der Waals surface area contributed by atoms with E-state index in [9.17, 15) is 9.59 Å². The highest BCUT2D eigenvalue weighted by Crippen LogP contribution is 2.46. The number of carbonyl (C=O) groups excluding carboxylic acids is 2. The predicted octanol–water partition coefficient (Wildman–Crippen LogP) is 1.75. The quantitative estimate of drug-likeness (QED) is 0.731. The number of nitrogens with two attached hydrogens (primary N) is 1. The molecule has 0 aliphatic carbocycles. The van der Waals surface area contributed by atoms with Crippen molar-refractivity contribution in [1.29, 1.82) is 0 Å². The van der Waals surface area contributed by atoms with Gasteiger partial charge in [0.25, 0.3) is 5.91 Å². The maximum Gasteiger partial charge on any atom is 0.255 e. The molecule has 0 saturated heterocycles. The van der Waals surface area contributed by atoms with E-state index < -0.39 is 5.91 Å². The zero-order chi connectivity index (χ0) is 18.8. The highest BCUT2D eigenvalue weighted by Gasteiger charge is 2.32. The van der Waals surface area contributed by atoms with E-state index in [0.717, 1.165) is 16.8 Å². The van der Waals surface area contributed by atoms with Crippen LogP contribution in [0.5, 0.6) is 11.5 Å². The second-order valence-electron chi connectivity index (χ2n) is 5.92. The molecule has 1 aliphatic rings. The van der Waals surface area contributed by atoms with Crippen LogP contribution in [0.1, 0.15) is 29.0 Å². The highest BCUT2D eigenvalue weighted by molar-refractivity contribution is 8.01. The number of nitrogens with one attached hydrogen (secondary N) is 2. The van der Waals surface area contributed by atoms with Gasteiger partial charge in [-0.15, -0.1) is 11.8 Å². The Bertz CT molecular complexity index is 851. The van der Waals surface area contributed by atoms with Gasteiger partial charge in [-0.25, -0.2) is 0 Å². The maximum absolute atomic E-state index is 12.2. The standard InChI is InChI=1S/C17H20N4O4S/c1-8-14-15(26-9(2)17(23)19-16(14)21-20-8)10-4-5-11(12(6-10)24-3)25-7-13(18)22/h4-6,9,15H,7H2,1-3H3,(H2,18,22)(H2,19,20,21,23)/t9-,15-/m1/s1. The molecule has 2 atom stereocenters. The molecule has 0 radical (unpaired) electrons. The van der Waals surface area contributed by atoms with Gasteiger partial charge in [0.05, 0.1) is 17.6 Å². The third-order valence-electron chi connectivity index (χ3n) is 4.07. The van der Waals surface area contributed by atoms with Crippen molar-refractivity contribution < 1.29 is 19.1 Å². The first-order chi connectivity index (χ1) is 12.4. The smallest absolute Gasteiger partial charge is 0.255 e. The number of carbonyl (C=O) groups is 2. The van der Waals surface area contributed by atoms with Crippen molar-refractivity contribution in [3.8, 4) is 11.5 Å². The van der Waals surface area contributed by atoms with Gasteiger partial charge in [-0.2, -0.15) is 5.10 Å². The molecule has 0 saturated carbocycles. The van der Waals surface area contributed by atoms with Crippen molar-refractivity contribution in [2.75, 3.05) is 19.0 Å². The molecular weight excluding hydrogens is 356 g/mol. The van der Waals surface area contributed by atoms with Crippen molar-refractivity contribution in [3.05, 3.63) is 35.0 Å². The lowest BCUT2D eigenvalue weighted by Gasteiger charge is -2.19. The fraction of sp³-hybridized carbons (Fsp3) is 0.353. The number of thioether (sulfide) groups is 1. The molecule has 0 unspecified atom stereocenters. The van der Waals surface area contributed by atoms with E-state index >= 15 is 0 Å². The van der Waals surface area contributed by atoms with Crippen molar-refractivity contribution in [2.24, 2.45) is 5.73 Å². The molecule has 4 N–H and O–H groups in total. The van der Waals surface area contributed by atoms with Crippen LogP contribution in [0.15, 0.2) is 18.2 Å². The summed E-state index contributed by atoms with van der Waals surface area (Å²) in [6.07, 6.45) is 0. The number of amides is 2. The van der Waals surface area contributed by atoms with Gasteiger partial charge in [0, 0.05) is 11.3 Å². The Labute approximate surface area is 154 Å². The molecule has 2 amide bonds. The van der Waals surface area contributed by atoms with Gasteiger partial charge in [0.2, 0.25) is 5.91 Å². The van der Waals surface area contributed by atoms with Crippen molar-refractivity contribution in [3.63, 3.8) is 0 Å². The zero-order valence-electron chi connectivity index (χ0n) is 14.7. The zero-order valence-corrected chi connectivity index (χ0v) is 15.5. The van der Waals surface area contributed by atoms with E-state index in [1.165, 1.54) is 18.9 Å². The number of hydrogen-bond acceptors (Lipinski definition) is 6. The van der Waals surface area contributed by atoms with Gasteiger partial charge in [-0.3, -0.25) is 14.7 Å². The van der Waals surface area contributed by atoms with Gasteiger partial charge in [-0.1, -0.05) is 6.07 Å². The van der Waals surface area contributed by atoms with E-state index in [-0.39, 0.29) is 23.0 Å². The molecule has 2 heterocycles. The highest BCUT2D eigenvalue weighted by atomic mass is 32.2. The van der Waals surface area contributed by atoms with Gasteiger partial charge >= 0.3 is 0 Å². The molecule has 9 heteroatoms. The number of aryl methyl sites for hydroxylation is 1. The number of rotatable bonds is 5. The number of nitrogens with zero attached hydrogens (tertiary/aromatic N) is 1. The van der Waals surface area contributed by atoms with Gasteiger partial charge in [0.15, 0.2) is 23.9 Å². The number of benzene rings is 1. The Balaban J connectivity index is 2.00. The van der Waals surface area contributed by atoms with Crippen LogP contribution in [-0.2, 0) is 9.59 Å². The summed E-state index contributed by atoms with van der Waals surface area (Å²) in [5.74, 6) is 0.817. The number of anilines is 1. The molecule has 1 aromatic heterocycles. The Kier molecular flexibility index (Phi) is 5.08. The molecule has 2 aromatic rings. The summed E-state index contributed by atoms with van der Waals surface area (Å²) in [6.45, 7) is 3.55. The summed E-state index contributed by atoms with van der Waals surface area (Å²) in [5, 5.41) is 9.63. The minimum absolute atomic E-state index is 0.0846. The summed E-state index contributed by atoms with van der Waals surface area (Å²) in [6, 6.07) is 5.46. The van der Waals surface area contributed by atoms with E-state index in [1.807, 2.05) is 26.0 Å². The molecule has 26 heavy (non-hydrogen) atoms. The summed E-state index contributed by atoms with van der Waals surface area (Å²) < 4.78 is 10.8. The van der Waals surface area contributed by atoms with Gasteiger partial charge in [0.1, 0.15) is 0 Å². The summed E-state index contributed by atoms with van der Waals surface area (Å²) in [4.78, 5) is 23.2. The molecule has 138 valence electrons. The van der Waals surface area contributed by atoms with Crippen LogP contribution in [-0.4, -0.2) is 41.0 Å². The summed E-state index contributed by atoms with van der Waals surface area (Å²) in [7, 11) is 1.53. The number of aromatic nitrogens is 2. The van der Waals surface area contributed by atoms with Crippen LogP contribution < -0.4 is 20.5 Å². The van der Waals surface area contributed by atoms with Crippen molar-refractivity contribution in [1.82, 2.24) is 10.2 Å². The molecule has 0 fully saturated rings. The Morgan fingerprint density at radius 3 is 2.85 bits per heavy atom. The summed E-state index contributed by atoms with van der Waals surface area (Å²) >= 11 is 1.53. The van der Waals surface area contributed by atoms with Crippen LogP contribution >= 0.6 is 11.8 Å². The lowest BCUT2D eigenvalue weighted by atomic mass is 10.0. The third kappa shape index (κ3) is 3.48. The average Bonchev–Trinajstić information content (AvgIpc) is 2.91. The predicted molar refractivity (Wildman–Crippen MR) is 98.5 cm³/mol. The first-order valence-electron chi connectivity index (χ1n) is 8.01. The van der Waals surface area contributed by atoms with Crippen LogP contribution in [0, 0.1) is 6.92 Å². The van der Waals surface area contributed by atoms with Crippen LogP contribution in [0.3, 0.4) is 0 Å². The van der Waals surface area contributed by atoms with Gasteiger partial charge < -0.3 is 20.5 Å². The SMILES string of the molecule is COc1cc([C@H]2S[C@H](C)C(=O)Nc3n[nH]c(C)c32)ccc1OCC(N)=O. The monoisotopic (exact) mass is 376 g/mol. The largest absolute Gasteiger partial charge is 0.493 e. The first-order valence-corrected chi connectivity index (χ1v) is 8.95. The fourth-order valence-corrected chi connectivity index (χ4v) is 4.09. The van der Waals surface area contributed by atoms with E-state index in [0.29, 0.717) is 17.3 Å². The molecule has 8 nitrogen and oxygen atoms in total. The number of primary amides is 1. The minimum Gasteiger partial charge on any atom is -0.493 e.